The number of sulfonamides is 1. The minimum absolute atomic E-state index is 0.316. The van der Waals surface area contributed by atoms with Gasteiger partial charge in [-0.1, -0.05) is 0 Å². The lowest BCUT2D eigenvalue weighted by atomic mass is 10.4. The molecule has 1 aliphatic rings. The monoisotopic (exact) mass is 313 g/mol. The molecule has 0 atom stereocenters. The summed E-state index contributed by atoms with van der Waals surface area (Å²) in [4.78, 5) is 0. The number of nitrogens with zero attached hydrogens (tertiary/aromatic N) is 1. The normalized spacial score (nSPS) is 19.6. The summed E-state index contributed by atoms with van der Waals surface area (Å²) in [5.74, 6) is 1.16. The largest absolute Gasteiger partial charge is 0.259 e. The molecule has 8 heteroatoms. The Bertz CT molecular complexity index is 515. The summed E-state index contributed by atoms with van der Waals surface area (Å²) in [6.45, 7) is 0.673. The van der Waals surface area contributed by atoms with E-state index in [1.165, 1.54) is 15.6 Å². The van der Waals surface area contributed by atoms with Crippen LogP contribution in [0.3, 0.4) is 0 Å². The topological polar surface area (TPSA) is 54.5 Å². The second kappa shape index (κ2) is 5.36. The number of halogens is 1. The van der Waals surface area contributed by atoms with Crippen molar-refractivity contribution in [2.24, 2.45) is 0 Å². The molecule has 0 bridgehead atoms. The van der Waals surface area contributed by atoms with Gasteiger partial charge in [-0.25, -0.2) is 8.42 Å². The van der Waals surface area contributed by atoms with Crippen LogP contribution in [-0.4, -0.2) is 41.5 Å². The van der Waals surface area contributed by atoms with Crippen molar-refractivity contribution in [2.75, 3.05) is 24.6 Å². The Balaban J connectivity index is 2.21. The minimum Gasteiger partial charge on any atom is -0.259 e. The van der Waals surface area contributed by atoms with Crippen LogP contribution in [0.4, 0.5) is 0 Å². The van der Waals surface area contributed by atoms with Crippen LogP contribution in [0, 0.1) is 0 Å². The first-order valence-electron chi connectivity index (χ1n) is 5.02. The van der Waals surface area contributed by atoms with Crippen LogP contribution in [0.25, 0.3) is 0 Å². The van der Waals surface area contributed by atoms with E-state index >= 15 is 0 Å². The second-order valence-electron chi connectivity index (χ2n) is 3.66. The number of alkyl halides is 1. The third-order valence-corrected chi connectivity index (χ3v) is 7.46. The van der Waals surface area contributed by atoms with E-state index in [-0.39, 0.29) is 0 Å². The molecule has 0 N–H and O–H groups in total. The standard InChI is InChI=1S/C9H12ClNO3S3/c10-6-8-5-9(15-7-8)17(13,14)11-1-3-16(12)4-2-11/h5,7H,1-4,6H2. The second-order valence-corrected chi connectivity index (χ2v) is 8.70. The van der Waals surface area contributed by atoms with E-state index < -0.39 is 20.8 Å². The van der Waals surface area contributed by atoms with Gasteiger partial charge in [-0.2, -0.15) is 4.31 Å². The lowest BCUT2D eigenvalue weighted by Gasteiger charge is -2.24. The molecule has 1 aliphatic heterocycles. The molecule has 0 aromatic carbocycles. The minimum atomic E-state index is -3.42. The van der Waals surface area contributed by atoms with Crippen LogP contribution in [-0.2, 0) is 26.7 Å². The van der Waals surface area contributed by atoms with Crippen molar-refractivity contribution in [3.8, 4) is 0 Å². The molecular weight excluding hydrogens is 302 g/mol. The molecule has 4 nitrogen and oxygen atoms in total. The molecule has 0 saturated carbocycles. The first kappa shape index (κ1) is 13.5. The first-order valence-corrected chi connectivity index (χ1v) is 9.37. The maximum Gasteiger partial charge on any atom is 0.252 e. The van der Waals surface area contributed by atoms with E-state index in [2.05, 4.69) is 0 Å². The van der Waals surface area contributed by atoms with E-state index in [4.69, 9.17) is 11.6 Å². The van der Waals surface area contributed by atoms with Gasteiger partial charge in [0.25, 0.3) is 10.0 Å². The zero-order valence-corrected chi connectivity index (χ0v) is 12.2. The molecule has 0 radical (unpaired) electrons. The zero-order chi connectivity index (χ0) is 12.5. The quantitative estimate of drug-likeness (QED) is 0.789. The van der Waals surface area contributed by atoms with Gasteiger partial charge in [-0.05, 0) is 17.0 Å². The average Bonchev–Trinajstić information content (AvgIpc) is 2.78. The first-order chi connectivity index (χ1) is 8.04. The summed E-state index contributed by atoms with van der Waals surface area (Å²) >= 11 is 6.84. The van der Waals surface area contributed by atoms with Gasteiger partial charge in [0, 0.05) is 41.3 Å². The molecule has 17 heavy (non-hydrogen) atoms. The molecule has 1 fully saturated rings. The van der Waals surface area contributed by atoms with Gasteiger partial charge in [0.05, 0.1) is 0 Å². The highest BCUT2D eigenvalue weighted by molar-refractivity contribution is 7.91. The van der Waals surface area contributed by atoms with E-state index in [1.54, 1.807) is 11.4 Å². The lowest BCUT2D eigenvalue weighted by molar-refractivity contribution is 0.440. The van der Waals surface area contributed by atoms with Crippen LogP contribution in [0.1, 0.15) is 5.56 Å². The van der Waals surface area contributed by atoms with E-state index in [0.717, 1.165) is 5.56 Å². The molecule has 96 valence electrons. The molecule has 2 rings (SSSR count). The maximum absolute atomic E-state index is 12.2. The predicted octanol–water partition coefficient (Wildman–Crippen LogP) is 1.24. The molecular formula is C9H12ClNO3S3. The Kier molecular flexibility index (Phi) is 4.25. The third-order valence-electron chi connectivity index (χ3n) is 2.51. The summed E-state index contributed by atoms with van der Waals surface area (Å²) in [6.07, 6.45) is 0. The Morgan fingerprint density at radius 3 is 2.59 bits per heavy atom. The molecule has 0 spiro atoms. The van der Waals surface area contributed by atoms with Gasteiger partial charge in [-0.3, -0.25) is 4.21 Å². The average molecular weight is 314 g/mol. The van der Waals surface area contributed by atoms with Gasteiger partial charge in [0.1, 0.15) is 4.21 Å². The fourth-order valence-corrected chi connectivity index (χ4v) is 5.88. The molecule has 1 aromatic heterocycles. The highest BCUT2D eigenvalue weighted by Crippen LogP contribution is 2.25. The van der Waals surface area contributed by atoms with Crippen LogP contribution < -0.4 is 0 Å². The van der Waals surface area contributed by atoms with Gasteiger partial charge in [0.15, 0.2) is 0 Å². The van der Waals surface area contributed by atoms with E-state index in [0.29, 0.717) is 34.7 Å². The Hall–Kier alpha value is 0.0500. The van der Waals surface area contributed by atoms with Crippen LogP contribution in [0.5, 0.6) is 0 Å². The summed E-state index contributed by atoms with van der Waals surface area (Å²) < 4.78 is 37.4. The molecule has 0 unspecified atom stereocenters. The van der Waals surface area contributed by atoms with Crippen LogP contribution >= 0.6 is 22.9 Å². The van der Waals surface area contributed by atoms with Gasteiger partial charge < -0.3 is 0 Å². The predicted molar refractivity (Wildman–Crippen MR) is 70.5 cm³/mol. The summed E-state index contributed by atoms with van der Waals surface area (Å²) in [5.41, 5.74) is 0.816. The smallest absolute Gasteiger partial charge is 0.252 e. The highest BCUT2D eigenvalue weighted by atomic mass is 35.5. The van der Waals surface area contributed by atoms with Crippen molar-refractivity contribution in [1.82, 2.24) is 4.31 Å². The maximum atomic E-state index is 12.2. The van der Waals surface area contributed by atoms with Crippen molar-refractivity contribution in [3.63, 3.8) is 0 Å². The third kappa shape index (κ3) is 2.90. The van der Waals surface area contributed by atoms with Gasteiger partial charge >= 0.3 is 0 Å². The Labute approximate surface area is 112 Å². The molecule has 1 saturated heterocycles. The van der Waals surface area contributed by atoms with Crippen molar-refractivity contribution in [3.05, 3.63) is 17.0 Å². The van der Waals surface area contributed by atoms with Crippen molar-refractivity contribution < 1.29 is 12.6 Å². The van der Waals surface area contributed by atoms with Crippen molar-refractivity contribution >= 4 is 43.8 Å². The lowest BCUT2D eigenvalue weighted by Crippen LogP contribution is -2.41. The fourth-order valence-electron chi connectivity index (χ4n) is 1.55. The number of rotatable bonds is 3. The van der Waals surface area contributed by atoms with Crippen LogP contribution in [0.15, 0.2) is 15.7 Å². The number of thiophene rings is 1. The Morgan fingerprint density at radius 1 is 1.41 bits per heavy atom. The molecule has 1 aromatic rings. The Morgan fingerprint density at radius 2 is 2.06 bits per heavy atom. The summed E-state index contributed by atoms with van der Waals surface area (Å²) in [5, 5.41) is 1.75. The summed E-state index contributed by atoms with van der Waals surface area (Å²) in [6, 6.07) is 1.61. The zero-order valence-electron chi connectivity index (χ0n) is 8.96. The fraction of sp³-hybridized carbons (Fsp3) is 0.556. The van der Waals surface area contributed by atoms with Gasteiger partial charge in [-0.15, -0.1) is 22.9 Å². The molecule has 0 aliphatic carbocycles. The van der Waals surface area contributed by atoms with Crippen molar-refractivity contribution in [1.29, 1.82) is 0 Å². The molecule has 2 heterocycles. The summed E-state index contributed by atoms with van der Waals surface area (Å²) in [7, 11) is -4.29. The SMILES string of the molecule is O=S1CCN(S(=O)(=O)c2cc(CCl)cs2)CC1. The van der Waals surface area contributed by atoms with Crippen molar-refractivity contribution in [2.45, 2.75) is 10.1 Å². The number of hydrogen-bond acceptors (Lipinski definition) is 4. The number of hydrogen-bond donors (Lipinski definition) is 0. The highest BCUT2D eigenvalue weighted by Gasteiger charge is 2.29. The van der Waals surface area contributed by atoms with Gasteiger partial charge in [0.2, 0.25) is 0 Å². The van der Waals surface area contributed by atoms with E-state index in [9.17, 15) is 12.6 Å². The van der Waals surface area contributed by atoms with Crippen LogP contribution in [0.2, 0.25) is 0 Å². The molecule has 0 amide bonds. The van der Waals surface area contributed by atoms with E-state index in [1.807, 2.05) is 0 Å².